The van der Waals surface area contributed by atoms with Crippen LogP contribution in [-0.4, -0.2) is 50.8 Å². The van der Waals surface area contributed by atoms with Crippen LogP contribution in [0.2, 0.25) is 0 Å². The number of sulfonamides is 1. The Morgan fingerprint density at radius 2 is 1.93 bits per heavy atom. The van der Waals surface area contributed by atoms with E-state index < -0.39 is 33.9 Å². The lowest BCUT2D eigenvalue weighted by Gasteiger charge is -2.32. The van der Waals surface area contributed by atoms with Crippen LogP contribution in [0.5, 0.6) is 5.75 Å². The molecule has 0 aromatic heterocycles. The Kier molecular flexibility index (Phi) is 7.42. The summed E-state index contributed by atoms with van der Waals surface area (Å²) in [6, 6.07) is 4.98. The number of methoxy groups -OCH3 is 1. The van der Waals surface area contributed by atoms with Crippen molar-refractivity contribution < 1.29 is 27.9 Å². The van der Waals surface area contributed by atoms with E-state index in [1.165, 1.54) is 23.5 Å². The smallest absolute Gasteiger partial charge is 0.243 e. The highest BCUT2D eigenvalue weighted by Gasteiger charge is 2.34. The van der Waals surface area contributed by atoms with Crippen molar-refractivity contribution in [1.82, 2.24) is 9.62 Å². The van der Waals surface area contributed by atoms with Gasteiger partial charge in [0.05, 0.1) is 29.9 Å². The second kappa shape index (κ2) is 9.38. The summed E-state index contributed by atoms with van der Waals surface area (Å²) in [4.78, 5) is 23.9. The molecule has 1 heterocycles. The third-order valence-electron chi connectivity index (χ3n) is 4.76. The third kappa shape index (κ3) is 5.45. The lowest BCUT2D eigenvalue weighted by Crippen LogP contribution is -2.52. The minimum absolute atomic E-state index is 0.0155. The molecule has 2 atom stereocenters. The van der Waals surface area contributed by atoms with Crippen molar-refractivity contribution >= 4 is 21.9 Å². The first kappa shape index (κ1) is 22.2. The summed E-state index contributed by atoms with van der Waals surface area (Å²) in [6.45, 7) is 4.04. The maximum absolute atomic E-state index is 12.9. The number of benzene rings is 1. The van der Waals surface area contributed by atoms with Gasteiger partial charge in [-0.15, -0.1) is 0 Å². The molecule has 1 aromatic carbocycles. The van der Waals surface area contributed by atoms with Crippen molar-refractivity contribution in [3.8, 4) is 5.75 Å². The van der Waals surface area contributed by atoms with Crippen LogP contribution in [0.3, 0.4) is 0 Å². The SMILES string of the molecule is COc1ccc(S(=O)(=O)N2CCC[C@@H](C(=O)N[C@@H](CC(C)C)C(=O)[O-])C2)cc1. The van der Waals surface area contributed by atoms with Crippen molar-refractivity contribution in [2.75, 3.05) is 20.2 Å². The normalized spacial score (nSPS) is 19.2. The van der Waals surface area contributed by atoms with Gasteiger partial charge in [-0.2, -0.15) is 4.31 Å². The fraction of sp³-hybridized carbons (Fsp3) is 0.579. The van der Waals surface area contributed by atoms with Gasteiger partial charge in [-0.05, 0) is 49.4 Å². The largest absolute Gasteiger partial charge is 0.548 e. The van der Waals surface area contributed by atoms with E-state index >= 15 is 0 Å². The first-order chi connectivity index (χ1) is 13.1. The number of aliphatic carboxylic acids is 1. The molecule has 0 spiro atoms. The van der Waals surface area contributed by atoms with E-state index in [0.717, 1.165) is 0 Å². The number of rotatable bonds is 8. The lowest BCUT2D eigenvalue weighted by atomic mass is 9.97. The number of carbonyl (C=O) groups is 2. The Balaban J connectivity index is 2.09. The highest BCUT2D eigenvalue weighted by atomic mass is 32.2. The van der Waals surface area contributed by atoms with Crippen LogP contribution in [0.15, 0.2) is 29.2 Å². The molecule has 1 N–H and O–H groups in total. The van der Waals surface area contributed by atoms with Crippen molar-refractivity contribution in [2.45, 2.75) is 44.0 Å². The molecule has 8 nitrogen and oxygen atoms in total. The van der Waals surface area contributed by atoms with Gasteiger partial charge in [-0.1, -0.05) is 13.8 Å². The van der Waals surface area contributed by atoms with Gasteiger partial charge in [0.15, 0.2) is 0 Å². The zero-order valence-electron chi connectivity index (χ0n) is 16.4. The fourth-order valence-corrected chi connectivity index (χ4v) is 4.77. The van der Waals surface area contributed by atoms with Crippen LogP contribution >= 0.6 is 0 Å². The molecule has 1 fully saturated rings. The highest BCUT2D eigenvalue weighted by Crippen LogP contribution is 2.25. The average Bonchev–Trinajstić information content (AvgIpc) is 2.67. The van der Waals surface area contributed by atoms with Crippen LogP contribution in [0.4, 0.5) is 0 Å². The predicted molar refractivity (Wildman–Crippen MR) is 101 cm³/mol. The van der Waals surface area contributed by atoms with E-state index in [1.807, 2.05) is 13.8 Å². The molecule has 0 unspecified atom stereocenters. The number of carbonyl (C=O) groups excluding carboxylic acids is 2. The number of carboxylic acid groups (broad SMARTS) is 1. The molecule has 1 aliphatic heterocycles. The number of hydrogen-bond donors (Lipinski definition) is 1. The zero-order chi connectivity index (χ0) is 20.9. The minimum Gasteiger partial charge on any atom is -0.548 e. The van der Waals surface area contributed by atoms with Crippen LogP contribution in [-0.2, 0) is 19.6 Å². The second-order valence-corrected chi connectivity index (χ2v) is 9.33. The Morgan fingerprint density at radius 3 is 2.46 bits per heavy atom. The van der Waals surface area contributed by atoms with Crippen LogP contribution in [0.1, 0.15) is 33.1 Å². The van der Waals surface area contributed by atoms with Crippen LogP contribution < -0.4 is 15.2 Å². The topological polar surface area (TPSA) is 116 Å². The van der Waals surface area contributed by atoms with Gasteiger partial charge in [0.1, 0.15) is 5.75 Å². The number of nitrogens with zero attached hydrogens (tertiary/aromatic N) is 1. The number of carboxylic acids is 1. The van der Waals surface area contributed by atoms with E-state index in [-0.39, 0.29) is 23.8 Å². The molecular weight excluding hydrogens is 384 g/mol. The number of amides is 1. The molecule has 1 amide bonds. The minimum atomic E-state index is -3.75. The monoisotopic (exact) mass is 411 g/mol. The molecule has 28 heavy (non-hydrogen) atoms. The summed E-state index contributed by atoms with van der Waals surface area (Å²) >= 11 is 0. The van der Waals surface area contributed by atoms with E-state index in [4.69, 9.17) is 4.74 Å². The van der Waals surface area contributed by atoms with Gasteiger partial charge in [-0.25, -0.2) is 8.42 Å². The number of hydrogen-bond acceptors (Lipinski definition) is 6. The fourth-order valence-electron chi connectivity index (χ4n) is 3.25. The molecule has 0 radical (unpaired) electrons. The highest BCUT2D eigenvalue weighted by molar-refractivity contribution is 7.89. The van der Waals surface area contributed by atoms with Crippen molar-refractivity contribution in [3.05, 3.63) is 24.3 Å². The molecule has 0 aliphatic carbocycles. The summed E-state index contributed by atoms with van der Waals surface area (Å²) < 4.78 is 32.1. The zero-order valence-corrected chi connectivity index (χ0v) is 17.2. The standard InChI is InChI=1S/C19H28N2O6S/c1-13(2)11-17(19(23)24)20-18(22)14-5-4-10-21(12-14)28(25,26)16-8-6-15(27-3)7-9-16/h6-9,13-14,17H,4-5,10-12H2,1-3H3,(H,20,22)(H,23,24)/p-1/t14-,17+/m1/s1. The number of nitrogens with one attached hydrogen (secondary N) is 1. The van der Waals surface area contributed by atoms with Crippen molar-refractivity contribution in [1.29, 1.82) is 0 Å². The molecule has 1 aliphatic rings. The lowest BCUT2D eigenvalue weighted by molar-refractivity contribution is -0.308. The van der Waals surface area contributed by atoms with Gasteiger partial charge >= 0.3 is 0 Å². The molecular formula is C19H27N2O6S-. The average molecular weight is 412 g/mol. The van der Waals surface area contributed by atoms with Crippen LogP contribution in [0.25, 0.3) is 0 Å². The van der Waals surface area contributed by atoms with Gasteiger partial charge in [-0.3, -0.25) is 4.79 Å². The molecule has 0 bridgehead atoms. The first-order valence-corrected chi connectivity index (χ1v) is 10.7. The molecule has 156 valence electrons. The number of ether oxygens (including phenoxy) is 1. The first-order valence-electron chi connectivity index (χ1n) is 9.30. The molecule has 0 saturated carbocycles. The van der Waals surface area contributed by atoms with E-state index in [2.05, 4.69) is 5.32 Å². The van der Waals surface area contributed by atoms with E-state index in [1.54, 1.807) is 12.1 Å². The Bertz CT molecular complexity index is 791. The number of piperidine rings is 1. The molecule has 1 aromatic rings. The molecule has 2 rings (SSSR count). The summed E-state index contributed by atoms with van der Waals surface area (Å²) in [6.07, 6.45) is 1.28. The Hall–Kier alpha value is -2.13. The van der Waals surface area contributed by atoms with Gasteiger partial charge in [0.2, 0.25) is 15.9 Å². The predicted octanol–water partition coefficient (Wildman–Crippen LogP) is 0.377. The third-order valence-corrected chi connectivity index (χ3v) is 6.64. The maximum atomic E-state index is 12.9. The van der Waals surface area contributed by atoms with E-state index in [0.29, 0.717) is 25.1 Å². The molecule has 1 saturated heterocycles. The Morgan fingerprint density at radius 1 is 1.29 bits per heavy atom. The summed E-state index contributed by atoms with van der Waals surface area (Å²) in [5.74, 6) is -1.77. The summed E-state index contributed by atoms with van der Waals surface area (Å²) in [5, 5.41) is 13.8. The van der Waals surface area contributed by atoms with Crippen molar-refractivity contribution in [3.63, 3.8) is 0 Å². The van der Waals surface area contributed by atoms with E-state index in [9.17, 15) is 23.1 Å². The maximum Gasteiger partial charge on any atom is 0.243 e. The summed E-state index contributed by atoms with van der Waals surface area (Å²) in [5.41, 5.74) is 0. The Labute approximate surface area is 165 Å². The molecule has 9 heteroatoms. The quantitative estimate of drug-likeness (QED) is 0.661. The second-order valence-electron chi connectivity index (χ2n) is 7.39. The van der Waals surface area contributed by atoms with Gasteiger partial charge in [0.25, 0.3) is 0 Å². The van der Waals surface area contributed by atoms with Gasteiger partial charge in [0, 0.05) is 13.1 Å². The summed E-state index contributed by atoms with van der Waals surface area (Å²) in [7, 11) is -2.25. The van der Waals surface area contributed by atoms with Gasteiger partial charge < -0.3 is 20.0 Å². The van der Waals surface area contributed by atoms with Crippen LogP contribution in [0, 0.1) is 11.8 Å². The van der Waals surface area contributed by atoms with Crippen molar-refractivity contribution in [2.24, 2.45) is 11.8 Å².